The van der Waals surface area contributed by atoms with Crippen LogP contribution in [0.5, 0.6) is 0 Å². The van der Waals surface area contributed by atoms with Crippen molar-refractivity contribution in [3.05, 3.63) is 62.9 Å². The topological polar surface area (TPSA) is 71.0 Å². The van der Waals surface area contributed by atoms with Crippen molar-refractivity contribution in [1.29, 1.82) is 0 Å². The van der Waals surface area contributed by atoms with Crippen LogP contribution in [-0.4, -0.2) is 32.2 Å². The van der Waals surface area contributed by atoms with E-state index < -0.39 is 0 Å². The Morgan fingerprint density at radius 3 is 2.75 bits per heavy atom. The number of carbonyl (C=O) groups is 1. The number of hydrogen-bond acceptors (Lipinski definition) is 7. The number of anilines is 2. The second kappa shape index (κ2) is 7.95. The lowest BCUT2D eigenvalue weighted by molar-refractivity contribution is 0.102. The van der Waals surface area contributed by atoms with Crippen molar-refractivity contribution in [3.8, 4) is 0 Å². The summed E-state index contributed by atoms with van der Waals surface area (Å²) in [7, 11) is 0. The van der Waals surface area contributed by atoms with Gasteiger partial charge in [0, 0.05) is 32.1 Å². The minimum absolute atomic E-state index is 0.00370. The highest BCUT2D eigenvalue weighted by molar-refractivity contribution is 7.17. The molecule has 0 saturated carbocycles. The third-order valence-electron chi connectivity index (χ3n) is 4.68. The van der Waals surface area contributed by atoms with Crippen LogP contribution in [0.1, 0.15) is 39.1 Å². The van der Waals surface area contributed by atoms with Gasteiger partial charge in [0.05, 0.1) is 16.3 Å². The summed E-state index contributed by atoms with van der Waals surface area (Å²) < 4.78 is 0. The molecule has 1 aliphatic heterocycles. The molecule has 3 aromatic rings. The van der Waals surface area contributed by atoms with Crippen LogP contribution in [0.2, 0.25) is 5.15 Å². The maximum absolute atomic E-state index is 11.6. The van der Waals surface area contributed by atoms with Crippen molar-refractivity contribution in [2.75, 3.05) is 11.9 Å². The Labute approximate surface area is 172 Å². The lowest BCUT2D eigenvalue weighted by atomic mass is 10.1. The van der Waals surface area contributed by atoms with E-state index >= 15 is 0 Å². The molecule has 28 heavy (non-hydrogen) atoms. The molecule has 0 radical (unpaired) electrons. The van der Waals surface area contributed by atoms with Crippen LogP contribution in [0.25, 0.3) is 0 Å². The van der Waals surface area contributed by atoms with E-state index in [-0.39, 0.29) is 5.78 Å². The summed E-state index contributed by atoms with van der Waals surface area (Å²) in [6, 6.07) is 10.4. The van der Waals surface area contributed by atoms with Gasteiger partial charge >= 0.3 is 0 Å². The second-order valence-corrected chi connectivity index (χ2v) is 8.18. The van der Waals surface area contributed by atoms with Crippen molar-refractivity contribution >= 4 is 39.8 Å². The van der Waals surface area contributed by atoms with Gasteiger partial charge in [-0.15, -0.1) is 0 Å². The van der Waals surface area contributed by atoms with Crippen molar-refractivity contribution < 1.29 is 4.79 Å². The quantitative estimate of drug-likeness (QED) is 0.493. The number of ketones is 1. The van der Waals surface area contributed by atoms with Crippen LogP contribution in [-0.2, 0) is 19.5 Å². The van der Waals surface area contributed by atoms with Gasteiger partial charge in [-0.25, -0.2) is 15.0 Å². The number of aryl methyl sites for hydroxylation is 1. The smallest absolute Gasteiger partial charge is 0.230 e. The molecule has 144 valence electrons. The SMILES string of the molecule is CC(=O)c1sc(Nc2nc(Cl)c3c(n2)CN(Cc2ccccc2)CC3)nc1C. The predicted molar refractivity (Wildman–Crippen MR) is 111 cm³/mol. The highest BCUT2D eigenvalue weighted by atomic mass is 35.5. The van der Waals surface area contributed by atoms with Gasteiger partial charge in [0.25, 0.3) is 0 Å². The highest BCUT2D eigenvalue weighted by Crippen LogP contribution is 2.29. The number of carbonyl (C=O) groups excluding carboxylic acids is 1. The van der Waals surface area contributed by atoms with E-state index in [4.69, 9.17) is 11.6 Å². The zero-order chi connectivity index (χ0) is 19.7. The van der Waals surface area contributed by atoms with Crippen molar-refractivity contribution in [2.24, 2.45) is 0 Å². The van der Waals surface area contributed by atoms with E-state index in [0.29, 0.717) is 26.8 Å². The molecule has 0 aliphatic carbocycles. The summed E-state index contributed by atoms with van der Waals surface area (Å²) in [6.45, 7) is 5.87. The Morgan fingerprint density at radius 1 is 1.25 bits per heavy atom. The number of thiazole rings is 1. The van der Waals surface area contributed by atoms with Crippen LogP contribution in [0.15, 0.2) is 30.3 Å². The average Bonchev–Trinajstić information content (AvgIpc) is 3.03. The molecule has 0 saturated heterocycles. The molecule has 2 aromatic heterocycles. The maximum atomic E-state index is 11.6. The molecule has 8 heteroatoms. The molecular weight excluding hydrogens is 394 g/mol. The molecule has 0 spiro atoms. The lowest BCUT2D eigenvalue weighted by Gasteiger charge is -2.28. The molecular formula is C20H20ClN5OS. The van der Waals surface area contributed by atoms with E-state index in [0.717, 1.165) is 37.3 Å². The van der Waals surface area contributed by atoms with Gasteiger partial charge in [-0.3, -0.25) is 15.0 Å². The first-order chi connectivity index (χ1) is 13.5. The largest absolute Gasteiger partial charge is 0.300 e. The second-order valence-electron chi connectivity index (χ2n) is 6.82. The van der Waals surface area contributed by atoms with Gasteiger partial charge < -0.3 is 0 Å². The minimum Gasteiger partial charge on any atom is -0.300 e. The van der Waals surface area contributed by atoms with E-state index in [1.807, 2.05) is 13.0 Å². The number of fused-ring (bicyclic) bond motifs is 1. The summed E-state index contributed by atoms with van der Waals surface area (Å²) in [4.78, 5) is 28.1. The van der Waals surface area contributed by atoms with E-state index in [1.54, 1.807) is 0 Å². The number of aromatic nitrogens is 3. The molecule has 6 nitrogen and oxygen atoms in total. The summed E-state index contributed by atoms with van der Waals surface area (Å²) in [5.74, 6) is 0.415. The maximum Gasteiger partial charge on any atom is 0.230 e. The fourth-order valence-electron chi connectivity index (χ4n) is 3.34. The number of rotatable bonds is 5. The fourth-order valence-corrected chi connectivity index (χ4v) is 4.48. The molecule has 0 fully saturated rings. The van der Waals surface area contributed by atoms with Gasteiger partial charge in [-0.1, -0.05) is 53.3 Å². The normalized spacial score (nSPS) is 14.0. The Balaban J connectivity index is 1.54. The molecule has 0 amide bonds. The van der Waals surface area contributed by atoms with Crippen LogP contribution in [0, 0.1) is 6.92 Å². The molecule has 3 heterocycles. The summed E-state index contributed by atoms with van der Waals surface area (Å²) in [5, 5.41) is 4.18. The Kier molecular flexibility index (Phi) is 5.39. The Hall–Kier alpha value is -2.35. The number of halogens is 1. The zero-order valence-electron chi connectivity index (χ0n) is 15.7. The number of hydrogen-bond donors (Lipinski definition) is 1. The van der Waals surface area contributed by atoms with E-state index in [9.17, 15) is 4.79 Å². The molecule has 4 rings (SSSR count). The summed E-state index contributed by atoms with van der Waals surface area (Å²) >= 11 is 7.73. The molecule has 1 N–H and O–H groups in total. The zero-order valence-corrected chi connectivity index (χ0v) is 17.3. The molecule has 1 aromatic carbocycles. The van der Waals surface area contributed by atoms with Crippen LogP contribution >= 0.6 is 22.9 Å². The fraction of sp³-hybridized carbons (Fsp3) is 0.300. The summed E-state index contributed by atoms with van der Waals surface area (Å²) in [5.41, 5.74) is 3.93. The minimum atomic E-state index is 0.00370. The molecule has 0 atom stereocenters. The first-order valence-corrected chi connectivity index (χ1v) is 10.3. The average molecular weight is 414 g/mol. The van der Waals surface area contributed by atoms with E-state index in [2.05, 4.69) is 49.4 Å². The molecule has 1 aliphatic rings. The first kappa shape index (κ1) is 19.0. The molecule has 0 unspecified atom stereocenters. The number of Topliss-reactive ketones (excluding diaryl/α,β-unsaturated/α-hetero) is 1. The highest BCUT2D eigenvalue weighted by Gasteiger charge is 2.22. The van der Waals surface area contributed by atoms with Crippen molar-refractivity contribution in [3.63, 3.8) is 0 Å². The monoisotopic (exact) mass is 413 g/mol. The van der Waals surface area contributed by atoms with Crippen molar-refractivity contribution in [1.82, 2.24) is 19.9 Å². The Morgan fingerprint density at radius 2 is 2.04 bits per heavy atom. The standard InChI is InChI=1S/C20H20ClN5OS/c1-12-17(13(2)27)28-20(22-12)25-19-23-16-11-26(9-8-15(16)18(21)24-19)10-14-6-4-3-5-7-14/h3-7H,8-11H2,1-2H3,(H,22,23,24,25). The third-order valence-corrected chi connectivity index (χ3v) is 6.16. The van der Waals surface area contributed by atoms with Crippen LogP contribution in [0.4, 0.5) is 11.1 Å². The Bertz CT molecular complexity index is 1020. The number of nitrogens with zero attached hydrogens (tertiary/aromatic N) is 4. The number of benzene rings is 1. The van der Waals surface area contributed by atoms with Gasteiger partial charge in [-0.05, 0) is 18.9 Å². The first-order valence-electron chi connectivity index (χ1n) is 9.06. The predicted octanol–water partition coefficient (Wildman–Crippen LogP) is 4.40. The van der Waals surface area contributed by atoms with Crippen molar-refractivity contribution in [2.45, 2.75) is 33.4 Å². The van der Waals surface area contributed by atoms with Crippen LogP contribution < -0.4 is 5.32 Å². The lowest BCUT2D eigenvalue weighted by Crippen LogP contribution is -2.31. The van der Waals surface area contributed by atoms with E-state index in [1.165, 1.54) is 23.8 Å². The van der Waals surface area contributed by atoms with Gasteiger partial charge in [0.1, 0.15) is 5.15 Å². The number of nitrogens with one attached hydrogen (secondary N) is 1. The van der Waals surface area contributed by atoms with Gasteiger partial charge in [0.2, 0.25) is 5.95 Å². The third kappa shape index (κ3) is 4.06. The van der Waals surface area contributed by atoms with Crippen LogP contribution in [0.3, 0.4) is 0 Å². The van der Waals surface area contributed by atoms with Gasteiger partial charge in [-0.2, -0.15) is 0 Å². The van der Waals surface area contributed by atoms with Gasteiger partial charge in [0.15, 0.2) is 10.9 Å². The summed E-state index contributed by atoms with van der Waals surface area (Å²) in [6.07, 6.45) is 0.826. The molecule has 0 bridgehead atoms.